The number of aliphatic hydroxyl groups is 1. The molecule has 4 N–H and O–H groups in total. The number of benzene rings is 2. The number of amides is 2. The maximum absolute atomic E-state index is 12.4. The Hall–Kier alpha value is -4.69. The Kier molecular flexibility index (Phi) is 10.7. The molecule has 14 heteroatoms. The molecule has 2 heterocycles. The SMILES string of the molecule is CCOc1cc([C@H]2NC(=O)NC(C)=C2C(=O)OC)ccc1OC[C@H](O)N/N=C\c1ccc(C2CCN(C)CC2)c([N+](=O)[O-])c1. The molecule has 0 spiro atoms. The van der Waals surface area contributed by atoms with E-state index in [0.717, 1.165) is 31.5 Å². The summed E-state index contributed by atoms with van der Waals surface area (Å²) in [6, 6.07) is 8.74. The Morgan fingerprint density at radius 1 is 1.23 bits per heavy atom. The number of nitro groups is 1. The van der Waals surface area contributed by atoms with Gasteiger partial charge in [-0.15, -0.1) is 0 Å². The van der Waals surface area contributed by atoms with E-state index in [2.05, 4.69) is 26.1 Å². The number of carbonyl (C=O) groups is 2. The Morgan fingerprint density at radius 3 is 2.66 bits per heavy atom. The lowest BCUT2D eigenvalue weighted by Crippen LogP contribution is -2.45. The predicted molar refractivity (Wildman–Crippen MR) is 162 cm³/mol. The largest absolute Gasteiger partial charge is 0.490 e. The Bertz CT molecular complexity index is 1440. The lowest BCUT2D eigenvalue weighted by Gasteiger charge is -2.28. The topological polar surface area (TPSA) is 177 Å². The average molecular weight is 611 g/mol. The normalized spacial score (nSPS) is 18.4. The summed E-state index contributed by atoms with van der Waals surface area (Å²) < 4.78 is 16.4. The number of piperidine rings is 1. The molecule has 1 saturated heterocycles. The van der Waals surface area contributed by atoms with Crippen LogP contribution in [-0.2, 0) is 9.53 Å². The molecular weight excluding hydrogens is 572 g/mol. The maximum atomic E-state index is 12.4. The fraction of sp³-hybridized carbons (Fsp3) is 0.433. The second-order valence-electron chi connectivity index (χ2n) is 10.6. The van der Waals surface area contributed by atoms with Gasteiger partial charge in [0.25, 0.3) is 5.69 Å². The molecule has 0 aliphatic carbocycles. The van der Waals surface area contributed by atoms with Crippen LogP contribution in [0.15, 0.2) is 52.8 Å². The van der Waals surface area contributed by atoms with E-state index < -0.39 is 24.3 Å². The number of nitro benzene ring substituents is 1. The van der Waals surface area contributed by atoms with Crippen LogP contribution in [-0.4, -0.2) is 79.8 Å². The third-order valence-electron chi connectivity index (χ3n) is 7.52. The first-order valence-electron chi connectivity index (χ1n) is 14.3. The van der Waals surface area contributed by atoms with Gasteiger partial charge in [-0.3, -0.25) is 15.5 Å². The van der Waals surface area contributed by atoms with Crippen molar-refractivity contribution in [1.82, 2.24) is 21.0 Å². The van der Waals surface area contributed by atoms with Gasteiger partial charge in [-0.2, -0.15) is 5.10 Å². The van der Waals surface area contributed by atoms with Gasteiger partial charge in [0.05, 0.1) is 36.5 Å². The Labute approximate surface area is 255 Å². The summed E-state index contributed by atoms with van der Waals surface area (Å²) >= 11 is 0. The molecule has 0 unspecified atom stereocenters. The molecule has 2 aliphatic rings. The van der Waals surface area contributed by atoms with Crippen LogP contribution in [0.2, 0.25) is 0 Å². The van der Waals surface area contributed by atoms with Crippen LogP contribution in [0.25, 0.3) is 0 Å². The summed E-state index contributed by atoms with van der Waals surface area (Å²) in [6.07, 6.45) is 1.92. The van der Waals surface area contributed by atoms with Gasteiger partial charge >= 0.3 is 12.0 Å². The molecule has 0 bridgehead atoms. The van der Waals surface area contributed by atoms with Crippen molar-refractivity contribution < 1.29 is 33.8 Å². The smallest absolute Gasteiger partial charge is 0.337 e. The quantitative estimate of drug-likeness (QED) is 0.0919. The number of methoxy groups -OCH3 is 1. The molecule has 2 aromatic carbocycles. The van der Waals surface area contributed by atoms with Crippen molar-refractivity contribution >= 4 is 23.9 Å². The van der Waals surface area contributed by atoms with Crippen LogP contribution >= 0.6 is 0 Å². The van der Waals surface area contributed by atoms with Gasteiger partial charge in [0.15, 0.2) is 17.7 Å². The number of likely N-dealkylation sites (tertiary alicyclic amines) is 1. The Morgan fingerprint density at radius 2 is 1.98 bits per heavy atom. The molecule has 14 nitrogen and oxygen atoms in total. The molecule has 0 aromatic heterocycles. The summed E-state index contributed by atoms with van der Waals surface area (Å²) in [5.74, 6) is 0.212. The van der Waals surface area contributed by atoms with E-state index in [0.29, 0.717) is 34.9 Å². The van der Waals surface area contributed by atoms with E-state index in [9.17, 15) is 24.8 Å². The van der Waals surface area contributed by atoms with Crippen molar-refractivity contribution in [3.63, 3.8) is 0 Å². The highest BCUT2D eigenvalue weighted by molar-refractivity contribution is 5.95. The minimum Gasteiger partial charge on any atom is -0.490 e. The number of carbonyl (C=O) groups excluding carboxylic acids is 2. The second kappa shape index (κ2) is 14.7. The number of rotatable bonds is 12. The maximum Gasteiger partial charge on any atom is 0.337 e. The van der Waals surface area contributed by atoms with Crippen molar-refractivity contribution in [3.05, 3.63) is 74.5 Å². The number of hydrogen-bond donors (Lipinski definition) is 4. The van der Waals surface area contributed by atoms with Crippen LogP contribution in [0.3, 0.4) is 0 Å². The van der Waals surface area contributed by atoms with Crippen LogP contribution in [0.4, 0.5) is 10.5 Å². The number of ether oxygens (including phenoxy) is 3. The zero-order valence-corrected chi connectivity index (χ0v) is 25.2. The molecule has 44 heavy (non-hydrogen) atoms. The predicted octanol–water partition coefficient (Wildman–Crippen LogP) is 2.92. The van der Waals surface area contributed by atoms with Crippen LogP contribution in [0.1, 0.15) is 55.3 Å². The lowest BCUT2D eigenvalue weighted by molar-refractivity contribution is -0.385. The van der Waals surface area contributed by atoms with E-state index in [4.69, 9.17) is 14.2 Å². The fourth-order valence-corrected chi connectivity index (χ4v) is 5.28. The molecule has 0 saturated carbocycles. The molecule has 1 fully saturated rings. The first-order chi connectivity index (χ1) is 21.1. The van der Waals surface area contributed by atoms with Crippen molar-refractivity contribution in [3.8, 4) is 11.5 Å². The Balaban J connectivity index is 1.40. The first-order valence-corrected chi connectivity index (χ1v) is 14.3. The third-order valence-corrected chi connectivity index (χ3v) is 7.52. The molecular formula is C30H38N6O8. The molecule has 2 aliphatic heterocycles. The van der Waals surface area contributed by atoms with E-state index in [1.54, 1.807) is 44.2 Å². The molecule has 236 valence electrons. The van der Waals surface area contributed by atoms with Gasteiger partial charge in [-0.25, -0.2) is 9.59 Å². The summed E-state index contributed by atoms with van der Waals surface area (Å²) in [4.78, 5) is 38.2. The zero-order valence-electron chi connectivity index (χ0n) is 25.2. The van der Waals surface area contributed by atoms with Gasteiger partial charge in [-0.1, -0.05) is 18.2 Å². The van der Waals surface area contributed by atoms with E-state index in [1.165, 1.54) is 19.4 Å². The van der Waals surface area contributed by atoms with Crippen molar-refractivity contribution in [1.29, 1.82) is 0 Å². The minimum absolute atomic E-state index is 0.0627. The zero-order chi connectivity index (χ0) is 31.8. The summed E-state index contributed by atoms with van der Waals surface area (Å²) in [7, 11) is 3.31. The van der Waals surface area contributed by atoms with Gasteiger partial charge in [0, 0.05) is 22.9 Å². The summed E-state index contributed by atoms with van der Waals surface area (Å²) in [5.41, 5.74) is 5.06. The van der Waals surface area contributed by atoms with Crippen LogP contribution < -0.4 is 25.5 Å². The van der Waals surface area contributed by atoms with Gasteiger partial charge in [0.2, 0.25) is 0 Å². The number of hydrazone groups is 1. The number of nitrogens with one attached hydrogen (secondary N) is 3. The molecule has 2 atom stereocenters. The average Bonchev–Trinajstić information content (AvgIpc) is 3.00. The monoisotopic (exact) mass is 610 g/mol. The summed E-state index contributed by atoms with van der Waals surface area (Å²) in [6.45, 7) is 5.31. The van der Waals surface area contributed by atoms with E-state index in [1.807, 2.05) is 7.05 Å². The standard InChI is InChI=1S/C30H38N6O8/c1-5-43-25-15-21(28-27(29(38)42-4)18(2)32-30(39)33-28)7-9-24(25)44-17-26(37)34-31-16-19-6-8-22(23(14-19)36(40)41)20-10-12-35(3)13-11-20/h6-9,14-16,20,26,28,34,37H,5,10-13,17H2,1-4H3,(H2,32,33,39)/b31-16-/t26-,28+/m0/s1. The van der Waals surface area contributed by atoms with Crippen LogP contribution in [0.5, 0.6) is 11.5 Å². The molecule has 0 radical (unpaired) electrons. The lowest BCUT2D eigenvalue weighted by atomic mass is 9.88. The number of urea groups is 1. The number of aliphatic hydroxyl groups excluding tert-OH is 1. The number of allylic oxidation sites excluding steroid dienone is 1. The minimum atomic E-state index is -1.21. The number of hydrogen-bond acceptors (Lipinski definition) is 11. The van der Waals surface area contributed by atoms with Crippen molar-refractivity contribution in [2.24, 2.45) is 5.10 Å². The summed E-state index contributed by atoms with van der Waals surface area (Å²) in [5, 5.41) is 31.5. The van der Waals surface area contributed by atoms with Gasteiger partial charge in [-0.05, 0) is 70.4 Å². The van der Waals surface area contributed by atoms with Gasteiger partial charge < -0.3 is 34.9 Å². The highest BCUT2D eigenvalue weighted by Gasteiger charge is 2.32. The van der Waals surface area contributed by atoms with Crippen LogP contribution in [0, 0.1) is 10.1 Å². The fourth-order valence-electron chi connectivity index (χ4n) is 5.28. The van der Waals surface area contributed by atoms with E-state index in [-0.39, 0.29) is 28.7 Å². The number of nitrogens with zero attached hydrogens (tertiary/aromatic N) is 3. The molecule has 4 rings (SSSR count). The van der Waals surface area contributed by atoms with E-state index >= 15 is 0 Å². The third kappa shape index (κ3) is 7.82. The van der Waals surface area contributed by atoms with Crippen molar-refractivity contribution in [2.45, 2.75) is 44.9 Å². The highest BCUT2D eigenvalue weighted by atomic mass is 16.6. The van der Waals surface area contributed by atoms with Crippen molar-refractivity contribution in [2.75, 3.05) is 40.5 Å². The second-order valence-corrected chi connectivity index (χ2v) is 10.6. The molecule has 2 aromatic rings. The van der Waals surface area contributed by atoms with Gasteiger partial charge in [0.1, 0.15) is 6.61 Å². The number of esters is 1. The highest BCUT2D eigenvalue weighted by Crippen LogP contribution is 2.36. The first kappa shape index (κ1) is 32.2. The molecule has 2 amide bonds.